The number of primary amides is 1. The van der Waals surface area contributed by atoms with Gasteiger partial charge in [-0.05, 0) is 19.8 Å². The van der Waals surface area contributed by atoms with Gasteiger partial charge in [-0.1, -0.05) is 35.9 Å². The molecule has 1 heterocycles. The Morgan fingerprint density at radius 3 is 2.00 bits per heavy atom. The summed E-state index contributed by atoms with van der Waals surface area (Å²) in [5.74, 6) is 0. The maximum Gasteiger partial charge on any atom is 0.314 e. The summed E-state index contributed by atoms with van der Waals surface area (Å²) in [5, 5.41) is 0. The largest absolute Gasteiger partial charge is 0.351 e. The number of aryl methyl sites for hydroxylation is 1. The molecule has 3 nitrogen and oxygen atoms in total. The first-order valence-corrected chi connectivity index (χ1v) is 5.26. The van der Waals surface area contributed by atoms with E-state index in [0.29, 0.717) is 0 Å². The molecule has 0 radical (unpaired) electrons. The molecular weight excluding hydrogens is 188 g/mol. The molecule has 0 atom stereocenters. The van der Waals surface area contributed by atoms with Crippen LogP contribution in [0.3, 0.4) is 0 Å². The van der Waals surface area contributed by atoms with Crippen molar-refractivity contribution < 1.29 is 4.79 Å². The Bertz CT molecular complexity index is 292. The lowest BCUT2D eigenvalue weighted by molar-refractivity contribution is 0.218. The third-order valence-corrected chi connectivity index (χ3v) is 2.36. The number of hydrogen-bond donors (Lipinski definition) is 1. The normalized spacial score (nSPS) is 14.3. The summed E-state index contributed by atoms with van der Waals surface area (Å²) >= 11 is 0. The van der Waals surface area contributed by atoms with Gasteiger partial charge in [-0.2, -0.15) is 0 Å². The Labute approximate surface area is 90.9 Å². The van der Waals surface area contributed by atoms with E-state index in [9.17, 15) is 4.79 Å². The number of hydrogen-bond acceptors (Lipinski definition) is 1. The topological polar surface area (TPSA) is 46.3 Å². The van der Waals surface area contributed by atoms with E-state index >= 15 is 0 Å². The zero-order valence-corrected chi connectivity index (χ0v) is 9.15. The zero-order valence-electron chi connectivity index (χ0n) is 9.15. The lowest BCUT2D eigenvalue weighted by Gasteiger charge is -2.09. The Morgan fingerprint density at radius 2 is 1.73 bits per heavy atom. The number of rotatable bonds is 0. The fourth-order valence-corrected chi connectivity index (χ4v) is 1.47. The van der Waals surface area contributed by atoms with Crippen molar-refractivity contribution in [3.63, 3.8) is 0 Å². The molecular formula is C12H18N2O. The fourth-order valence-electron chi connectivity index (χ4n) is 1.47. The zero-order chi connectivity index (χ0) is 11.1. The van der Waals surface area contributed by atoms with E-state index in [0.717, 1.165) is 25.9 Å². The van der Waals surface area contributed by atoms with Crippen molar-refractivity contribution in [2.24, 2.45) is 5.73 Å². The fraction of sp³-hybridized carbons (Fsp3) is 0.417. The highest BCUT2D eigenvalue weighted by molar-refractivity contribution is 5.72. The molecule has 1 aromatic rings. The minimum absolute atomic E-state index is 0.275. The average molecular weight is 206 g/mol. The summed E-state index contributed by atoms with van der Waals surface area (Å²) in [6.45, 7) is 3.80. The van der Waals surface area contributed by atoms with Crippen LogP contribution in [0.1, 0.15) is 18.4 Å². The summed E-state index contributed by atoms with van der Waals surface area (Å²) < 4.78 is 0. The highest BCUT2D eigenvalue weighted by atomic mass is 16.2. The molecule has 0 unspecified atom stereocenters. The second-order valence-corrected chi connectivity index (χ2v) is 3.69. The SMILES string of the molecule is Cc1ccccc1.NC(=O)N1CCCC1. The Balaban J connectivity index is 0.000000151. The minimum atomic E-state index is -0.275. The quantitative estimate of drug-likeness (QED) is 0.694. The molecule has 1 saturated heterocycles. The maximum absolute atomic E-state index is 10.3. The standard InChI is InChI=1S/C7H8.C5H10N2O/c1-7-5-3-2-4-6-7;6-5(8)7-3-1-2-4-7/h2-6H,1H3;1-4H2,(H2,6,8). The molecule has 82 valence electrons. The second-order valence-electron chi connectivity index (χ2n) is 3.69. The number of amides is 2. The van der Waals surface area contributed by atoms with Crippen molar-refractivity contribution in [3.8, 4) is 0 Å². The summed E-state index contributed by atoms with van der Waals surface area (Å²) in [6.07, 6.45) is 2.23. The van der Waals surface area contributed by atoms with Crippen LogP contribution in [0, 0.1) is 6.92 Å². The van der Waals surface area contributed by atoms with Gasteiger partial charge in [0.25, 0.3) is 0 Å². The van der Waals surface area contributed by atoms with E-state index < -0.39 is 0 Å². The van der Waals surface area contributed by atoms with Crippen molar-refractivity contribution in [1.29, 1.82) is 0 Å². The predicted octanol–water partition coefficient (Wildman–Crippen LogP) is 2.16. The van der Waals surface area contributed by atoms with Crippen LogP contribution < -0.4 is 5.73 Å². The van der Waals surface area contributed by atoms with Crippen LogP contribution in [0.4, 0.5) is 4.79 Å². The third kappa shape index (κ3) is 4.49. The number of urea groups is 1. The van der Waals surface area contributed by atoms with Gasteiger partial charge in [-0.25, -0.2) is 4.79 Å². The third-order valence-electron chi connectivity index (χ3n) is 2.36. The number of benzene rings is 1. The number of nitrogens with zero attached hydrogens (tertiary/aromatic N) is 1. The highest BCUT2D eigenvalue weighted by Crippen LogP contribution is 2.05. The van der Waals surface area contributed by atoms with Gasteiger partial charge in [0.15, 0.2) is 0 Å². The van der Waals surface area contributed by atoms with Gasteiger partial charge in [0.05, 0.1) is 0 Å². The van der Waals surface area contributed by atoms with E-state index in [4.69, 9.17) is 5.73 Å². The Morgan fingerprint density at radius 1 is 1.20 bits per heavy atom. The van der Waals surface area contributed by atoms with Gasteiger partial charge < -0.3 is 10.6 Å². The van der Waals surface area contributed by atoms with Gasteiger partial charge in [0.2, 0.25) is 0 Å². The first-order valence-electron chi connectivity index (χ1n) is 5.26. The van der Waals surface area contributed by atoms with Gasteiger partial charge in [-0.3, -0.25) is 0 Å². The molecule has 0 aliphatic carbocycles. The molecule has 1 aromatic carbocycles. The first kappa shape index (κ1) is 11.6. The number of carbonyl (C=O) groups excluding carboxylic acids is 1. The van der Waals surface area contributed by atoms with Crippen LogP contribution >= 0.6 is 0 Å². The molecule has 1 aliphatic rings. The van der Waals surface area contributed by atoms with Crippen LogP contribution in [-0.2, 0) is 0 Å². The van der Waals surface area contributed by atoms with Crippen LogP contribution in [0.2, 0.25) is 0 Å². The van der Waals surface area contributed by atoms with Crippen molar-refractivity contribution in [2.75, 3.05) is 13.1 Å². The van der Waals surface area contributed by atoms with Crippen molar-refractivity contribution in [3.05, 3.63) is 35.9 Å². The molecule has 2 N–H and O–H groups in total. The summed E-state index contributed by atoms with van der Waals surface area (Å²) in [5.41, 5.74) is 6.31. The number of nitrogens with two attached hydrogens (primary N) is 1. The predicted molar refractivity (Wildman–Crippen MR) is 61.6 cm³/mol. The van der Waals surface area contributed by atoms with E-state index in [1.54, 1.807) is 4.90 Å². The second kappa shape index (κ2) is 6.06. The highest BCUT2D eigenvalue weighted by Gasteiger charge is 2.13. The average Bonchev–Trinajstić information content (AvgIpc) is 2.72. The lowest BCUT2D eigenvalue weighted by Crippen LogP contribution is -2.32. The Kier molecular flexibility index (Phi) is 4.68. The van der Waals surface area contributed by atoms with E-state index in [1.165, 1.54) is 5.56 Å². The van der Waals surface area contributed by atoms with Crippen molar-refractivity contribution in [1.82, 2.24) is 4.90 Å². The van der Waals surface area contributed by atoms with Gasteiger partial charge in [0, 0.05) is 13.1 Å². The molecule has 2 amide bonds. The van der Waals surface area contributed by atoms with Crippen LogP contribution in [0.25, 0.3) is 0 Å². The van der Waals surface area contributed by atoms with E-state index in [-0.39, 0.29) is 6.03 Å². The van der Waals surface area contributed by atoms with Crippen molar-refractivity contribution >= 4 is 6.03 Å². The van der Waals surface area contributed by atoms with E-state index in [2.05, 4.69) is 19.1 Å². The Hall–Kier alpha value is -1.51. The molecule has 1 fully saturated rings. The van der Waals surface area contributed by atoms with Gasteiger partial charge >= 0.3 is 6.03 Å². The summed E-state index contributed by atoms with van der Waals surface area (Å²) in [6, 6.07) is 9.99. The molecule has 15 heavy (non-hydrogen) atoms. The van der Waals surface area contributed by atoms with Crippen LogP contribution in [-0.4, -0.2) is 24.0 Å². The van der Waals surface area contributed by atoms with Crippen LogP contribution in [0.15, 0.2) is 30.3 Å². The molecule has 0 spiro atoms. The molecule has 0 bridgehead atoms. The molecule has 1 aliphatic heterocycles. The maximum atomic E-state index is 10.3. The smallest absolute Gasteiger partial charge is 0.314 e. The van der Waals surface area contributed by atoms with Gasteiger partial charge in [0.1, 0.15) is 0 Å². The van der Waals surface area contributed by atoms with Gasteiger partial charge in [-0.15, -0.1) is 0 Å². The lowest BCUT2D eigenvalue weighted by atomic mass is 10.2. The summed E-state index contributed by atoms with van der Waals surface area (Å²) in [7, 11) is 0. The first-order chi connectivity index (χ1) is 7.20. The molecule has 0 aromatic heterocycles. The molecule has 3 heteroatoms. The van der Waals surface area contributed by atoms with Crippen molar-refractivity contribution in [2.45, 2.75) is 19.8 Å². The molecule has 2 rings (SSSR count). The number of carbonyl (C=O) groups is 1. The molecule has 0 saturated carbocycles. The monoisotopic (exact) mass is 206 g/mol. The minimum Gasteiger partial charge on any atom is -0.351 e. The summed E-state index contributed by atoms with van der Waals surface area (Å²) in [4.78, 5) is 12.0. The number of likely N-dealkylation sites (tertiary alicyclic amines) is 1. The van der Waals surface area contributed by atoms with Crippen LogP contribution in [0.5, 0.6) is 0 Å². The van der Waals surface area contributed by atoms with E-state index in [1.807, 2.05) is 18.2 Å².